The van der Waals surface area contributed by atoms with E-state index in [1.165, 1.54) is 19.4 Å². The van der Waals surface area contributed by atoms with Crippen LogP contribution in [0, 0.1) is 0 Å². The summed E-state index contributed by atoms with van der Waals surface area (Å²) in [5, 5.41) is 3.52. The largest absolute Gasteiger partial charge is 0.378 e. The van der Waals surface area contributed by atoms with Crippen molar-refractivity contribution in [3.63, 3.8) is 0 Å². The first-order valence-electron chi connectivity index (χ1n) is 4.89. The van der Waals surface area contributed by atoms with Gasteiger partial charge in [0, 0.05) is 18.6 Å². The quantitative estimate of drug-likeness (QED) is 0.602. The number of nitrogens with zero attached hydrogens (tertiary/aromatic N) is 1. The summed E-state index contributed by atoms with van der Waals surface area (Å²) in [4.78, 5) is 2.45. The molecule has 0 saturated carbocycles. The summed E-state index contributed by atoms with van der Waals surface area (Å²) in [5.41, 5.74) is 0. The van der Waals surface area contributed by atoms with Crippen LogP contribution in [0.4, 0.5) is 0 Å². The van der Waals surface area contributed by atoms with Gasteiger partial charge in [0.25, 0.3) is 0 Å². The molecule has 1 N–H and O–H groups in total. The molecule has 0 radical (unpaired) electrons. The fourth-order valence-corrected chi connectivity index (χ4v) is 2.28. The molecule has 2 aliphatic heterocycles. The molecular formula is C9H18N2O. The summed E-state index contributed by atoms with van der Waals surface area (Å²) < 4.78 is 5.45. The second-order valence-electron chi connectivity index (χ2n) is 3.83. The minimum absolute atomic E-state index is 0.575. The van der Waals surface area contributed by atoms with Gasteiger partial charge < -0.3 is 15.0 Å². The smallest absolute Gasteiger partial charge is 0.0635 e. The van der Waals surface area contributed by atoms with E-state index in [4.69, 9.17) is 4.74 Å². The summed E-state index contributed by atoms with van der Waals surface area (Å²) in [6, 6.07) is 1.29. The molecule has 0 spiro atoms. The van der Waals surface area contributed by atoms with Crippen LogP contribution in [0.1, 0.15) is 12.8 Å². The lowest BCUT2D eigenvalue weighted by molar-refractivity contribution is 0.0502. The average Bonchev–Trinajstić information content (AvgIpc) is 2.53. The fourth-order valence-electron chi connectivity index (χ4n) is 2.28. The van der Waals surface area contributed by atoms with Crippen LogP contribution in [0.15, 0.2) is 0 Å². The van der Waals surface area contributed by atoms with Gasteiger partial charge in [-0.3, -0.25) is 0 Å². The molecule has 3 nitrogen and oxygen atoms in total. The van der Waals surface area contributed by atoms with Crippen molar-refractivity contribution in [1.29, 1.82) is 0 Å². The monoisotopic (exact) mass is 170 g/mol. The maximum atomic E-state index is 5.45. The zero-order valence-corrected chi connectivity index (χ0v) is 7.75. The van der Waals surface area contributed by atoms with E-state index in [0.29, 0.717) is 12.1 Å². The predicted molar refractivity (Wildman–Crippen MR) is 48.3 cm³/mol. The molecule has 2 aliphatic rings. The van der Waals surface area contributed by atoms with E-state index in [2.05, 4.69) is 17.3 Å². The Balaban J connectivity index is 1.89. The average molecular weight is 170 g/mol. The van der Waals surface area contributed by atoms with Crippen LogP contribution in [-0.2, 0) is 4.74 Å². The lowest BCUT2D eigenvalue weighted by atomic mass is 10.1. The van der Waals surface area contributed by atoms with Crippen LogP contribution in [0.25, 0.3) is 0 Å². The van der Waals surface area contributed by atoms with Crippen molar-refractivity contribution in [3.8, 4) is 0 Å². The van der Waals surface area contributed by atoms with Crippen LogP contribution >= 0.6 is 0 Å². The molecule has 2 rings (SSSR count). The molecule has 0 aromatic rings. The van der Waals surface area contributed by atoms with Crippen LogP contribution in [0.5, 0.6) is 0 Å². The Bertz CT molecular complexity index is 145. The number of hydrogen-bond donors (Lipinski definition) is 1. The number of nitrogens with one attached hydrogen (secondary N) is 1. The van der Waals surface area contributed by atoms with Gasteiger partial charge in [0.2, 0.25) is 0 Å². The summed E-state index contributed by atoms with van der Waals surface area (Å²) >= 11 is 0. The van der Waals surface area contributed by atoms with Gasteiger partial charge in [-0.05, 0) is 26.4 Å². The molecule has 12 heavy (non-hydrogen) atoms. The van der Waals surface area contributed by atoms with E-state index in [9.17, 15) is 0 Å². The predicted octanol–water partition coefficient (Wildman–Crippen LogP) is 0.0690. The van der Waals surface area contributed by atoms with Gasteiger partial charge in [0.1, 0.15) is 0 Å². The summed E-state index contributed by atoms with van der Waals surface area (Å²) in [6.45, 7) is 4.06. The molecule has 2 saturated heterocycles. The van der Waals surface area contributed by atoms with Crippen molar-refractivity contribution in [2.75, 3.05) is 33.4 Å². The molecule has 0 unspecified atom stereocenters. The Morgan fingerprint density at radius 1 is 1.50 bits per heavy atom. The summed E-state index contributed by atoms with van der Waals surface area (Å²) in [6.07, 6.45) is 2.68. The van der Waals surface area contributed by atoms with Crippen molar-refractivity contribution in [2.45, 2.75) is 24.9 Å². The number of likely N-dealkylation sites (N-methyl/N-ethyl adjacent to an activating group) is 1. The van der Waals surface area contributed by atoms with Crippen molar-refractivity contribution >= 4 is 0 Å². The zero-order chi connectivity index (χ0) is 8.39. The fraction of sp³-hybridized carbons (Fsp3) is 1.00. The lowest BCUT2D eigenvalue weighted by Gasteiger charge is -2.32. The van der Waals surface area contributed by atoms with E-state index in [1.807, 2.05) is 0 Å². The Kier molecular flexibility index (Phi) is 2.63. The van der Waals surface area contributed by atoms with E-state index in [1.54, 1.807) is 0 Å². The van der Waals surface area contributed by atoms with Crippen LogP contribution in [-0.4, -0.2) is 50.3 Å². The van der Waals surface area contributed by atoms with Crippen LogP contribution < -0.4 is 5.32 Å². The molecule has 2 fully saturated rings. The Morgan fingerprint density at radius 3 is 3.00 bits per heavy atom. The van der Waals surface area contributed by atoms with Crippen LogP contribution in [0.2, 0.25) is 0 Å². The molecular weight excluding hydrogens is 152 g/mol. The third-order valence-electron chi connectivity index (χ3n) is 2.99. The molecule has 70 valence electrons. The third-order valence-corrected chi connectivity index (χ3v) is 2.99. The zero-order valence-electron chi connectivity index (χ0n) is 7.75. The molecule has 2 heterocycles. The maximum absolute atomic E-state index is 5.45. The minimum atomic E-state index is 0.575. The highest BCUT2D eigenvalue weighted by molar-refractivity contribution is 4.88. The van der Waals surface area contributed by atoms with Gasteiger partial charge in [0.15, 0.2) is 0 Å². The topological polar surface area (TPSA) is 24.5 Å². The molecule has 0 aromatic carbocycles. The first kappa shape index (κ1) is 8.48. The molecule has 3 heteroatoms. The van der Waals surface area contributed by atoms with Crippen molar-refractivity contribution in [2.24, 2.45) is 0 Å². The van der Waals surface area contributed by atoms with E-state index in [0.717, 1.165) is 19.8 Å². The van der Waals surface area contributed by atoms with Gasteiger partial charge >= 0.3 is 0 Å². The highest BCUT2D eigenvalue weighted by Gasteiger charge is 2.30. The number of ether oxygens (including phenoxy) is 1. The van der Waals surface area contributed by atoms with Crippen molar-refractivity contribution in [3.05, 3.63) is 0 Å². The first-order valence-corrected chi connectivity index (χ1v) is 4.89. The normalized spacial score (nSPS) is 38.8. The van der Waals surface area contributed by atoms with E-state index >= 15 is 0 Å². The lowest BCUT2D eigenvalue weighted by Crippen LogP contribution is -2.52. The molecule has 0 aliphatic carbocycles. The van der Waals surface area contributed by atoms with Crippen LogP contribution in [0.3, 0.4) is 0 Å². The molecule has 0 aromatic heterocycles. The number of rotatable bonds is 1. The van der Waals surface area contributed by atoms with Gasteiger partial charge in [-0.25, -0.2) is 0 Å². The highest BCUT2D eigenvalue weighted by atomic mass is 16.5. The second-order valence-corrected chi connectivity index (χ2v) is 3.83. The van der Waals surface area contributed by atoms with Gasteiger partial charge in [-0.1, -0.05) is 0 Å². The standard InChI is InChI=1S/C9H18N2O/c1-11-5-2-3-9(11)8-7-12-6-4-10-8/h8-10H,2-7H2,1H3/t8-,9-/m1/s1. The van der Waals surface area contributed by atoms with Gasteiger partial charge in [-0.15, -0.1) is 0 Å². The SMILES string of the molecule is CN1CCC[C@@H]1[C@H]1COCCN1. The Labute approximate surface area is 74.1 Å². The van der Waals surface area contributed by atoms with E-state index in [-0.39, 0.29) is 0 Å². The molecule has 0 amide bonds. The van der Waals surface area contributed by atoms with Gasteiger partial charge in [0.05, 0.1) is 13.2 Å². The van der Waals surface area contributed by atoms with Crippen molar-refractivity contribution in [1.82, 2.24) is 10.2 Å². The Morgan fingerprint density at radius 2 is 2.42 bits per heavy atom. The van der Waals surface area contributed by atoms with Crippen molar-refractivity contribution < 1.29 is 4.74 Å². The van der Waals surface area contributed by atoms with E-state index < -0.39 is 0 Å². The maximum Gasteiger partial charge on any atom is 0.0635 e. The molecule has 2 atom stereocenters. The first-order chi connectivity index (χ1) is 5.88. The number of likely N-dealkylation sites (tertiary alicyclic amines) is 1. The third kappa shape index (κ3) is 1.63. The Hall–Kier alpha value is -0.120. The minimum Gasteiger partial charge on any atom is -0.378 e. The second kappa shape index (κ2) is 3.73. The highest BCUT2D eigenvalue weighted by Crippen LogP contribution is 2.19. The van der Waals surface area contributed by atoms with Gasteiger partial charge in [-0.2, -0.15) is 0 Å². The number of morpholine rings is 1. The molecule has 0 bridgehead atoms. The summed E-state index contributed by atoms with van der Waals surface area (Å²) in [7, 11) is 2.22. The number of hydrogen-bond acceptors (Lipinski definition) is 3. The summed E-state index contributed by atoms with van der Waals surface area (Å²) in [5.74, 6) is 0.